The average molecular weight is 424 g/mol. The summed E-state index contributed by atoms with van der Waals surface area (Å²) in [7, 11) is 1.60. The molecule has 0 saturated carbocycles. The van der Waals surface area contributed by atoms with Crippen LogP contribution >= 0.6 is 24.0 Å². The Morgan fingerprint density at radius 2 is 2.00 bits per heavy atom. The Bertz CT molecular complexity index is 616. The Kier molecular flexibility index (Phi) is 6.41. The summed E-state index contributed by atoms with van der Waals surface area (Å²) in [5.74, 6) is 0.807. The second-order valence-electron chi connectivity index (χ2n) is 4.88. The van der Waals surface area contributed by atoms with E-state index in [1.807, 2.05) is 24.1 Å². The summed E-state index contributed by atoms with van der Waals surface area (Å²) in [6.45, 7) is 2.10. The van der Waals surface area contributed by atoms with Crippen molar-refractivity contribution in [3.05, 3.63) is 29.8 Å². The zero-order valence-electron chi connectivity index (χ0n) is 12.4. The Labute approximate surface area is 143 Å². The number of hydrogen-bond acceptors (Lipinski definition) is 5. The minimum Gasteiger partial charge on any atom is -0.352 e. The first-order valence-corrected chi connectivity index (χ1v) is 7.87. The molecule has 0 atom stereocenters. The van der Waals surface area contributed by atoms with Gasteiger partial charge in [0.05, 0.1) is 11.4 Å². The average Bonchev–Trinajstić information content (AvgIpc) is 2.82. The maximum absolute atomic E-state index is 12.3. The first kappa shape index (κ1) is 18.2. The molecule has 1 aromatic rings. The molecule has 0 bridgehead atoms. The molecule has 2 rings (SSSR count). The van der Waals surface area contributed by atoms with E-state index in [9.17, 15) is 8.42 Å². The molecule has 0 aliphatic carbocycles. The van der Waals surface area contributed by atoms with Gasteiger partial charge in [-0.2, -0.15) is 0 Å². The number of guanidine groups is 1. The standard InChI is InChI=1S/C13H20N4O2S.HI/c1-16(2)20(18,19)12-7-5-4-6-11(12)10-15-13-14-8-9-17(13)3;/h4-7H,8-10H2,1-3H3,(H,14,15);1H. The summed E-state index contributed by atoms with van der Waals surface area (Å²) >= 11 is 0. The van der Waals surface area contributed by atoms with Gasteiger partial charge in [-0.05, 0) is 11.6 Å². The molecule has 118 valence electrons. The fourth-order valence-electron chi connectivity index (χ4n) is 2.00. The predicted octanol–water partition coefficient (Wildman–Crippen LogP) is 0.946. The molecule has 8 heteroatoms. The van der Waals surface area contributed by atoms with E-state index in [1.165, 1.54) is 18.4 Å². The number of sulfonamides is 1. The number of benzene rings is 1. The van der Waals surface area contributed by atoms with Gasteiger partial charge in [-0.15, -0.1) is 24.0 Å². The van der Waals surface area contributed by atoms with Crippen LogP contribution in [-0.2, 0) is 16.6 Å². The third kappa shape index (κ3) is 4.07. The van der Waals surface area contributed by atoms with E-state index in [1.54, 1.807) is 12.1 Å². The minimum atomic E-state index is -3.43. The van der Waals surface area contributed by atoms with Crippen LogP contribution in [0, 0.1) is 0 Å². The molecule has 0 saturated heterocycles. The lowest BCUT2D eigenvalue weighted by Gasteiger charge is -2.18. The number of aliphatic imine (C=N–C) groups is 1. The van der Waals surface area contributed by atoms with Gasteiger partial charge < -0.3 is 10.2 Å². The van der Waals surface area contributed by atoms with Gasteiger partial charge in [-0.1, -0.05) is 18.2 Å². The second kappa shape index (κ2) is 7.41. The topological polar surface area (TPSA) is 65.0 Å². The monoisotopic (exact) mass is 424 g/mol. The van der Waals surface area contributed by atoms with E-state index >= 15 is 0 Å². The summed E-state index contributed by atoms with van der Waals surface area (Å²) in [6, 6.07) is 7.02. The van der Waals surface area contributed by atoms with Crippen LogP contribution in [0.15, 0.2) is 34.2 Å². The van der Waals surface area contributed by atoms with E-state index in [0.29, 0.717) is 11.4 Å². The smallest absolute Gasteiger partial charge is 0.242 e. The zero-order chi connectivity index (χ0) is 14.8. The van der Waals surface area contributed by atoms with Crippen LogP contribution in [0.3, 0.4) is 0 Å². The first-order valence-electron chi connectivity index (χ1n) is 6.43. The summed E-state index contributed by atoms with van der Waals surface area (Å²) in [4.78, 5) is 6.68. The highest BCUT2D eigenvalue weighted by atomic mass is 127. The largest absolute Gasteiger partial charge is 0.352 e. The molecule has 0 unspecified atom stereocenters. The lowest BCUT2D eigenvalue weighted by atomic mass is 10.2. The van der Waals surface area contributed by atoms with Crippen LogP contribution < -0.4 is 5.32 Å². The molecule has 6 nitrogen and oxygen atoms in total. The third-order valence-electron chi connectivity index (χ3n) is 3.23. The van der Waals surface area contributed by atoms with Crippen LogP contribution in [-0.4, -0.2) is 57.8 Å². The zero-order valence-corrected chi connectivity index (χ0v) is 15.6. The molecule has 1 heterocycles. The van der Waals surface area contributed by atoms with Gasteiger partial charge in [0.2, 0.25) is 10.0 Å². The Hall–Kier alpha value is -0.870. The molecule has 1 aromatic carbocycles. The molecule has 1 N–H and O–H groups in total. The van der Waals surface area contributed by atoms with Crippen LogP contribution in [0.25, 0.3) is 0 Å². The maximum atomic E-state index is 12.3. The van der Waals surface area contributed by atoms with E-state index in [4.69, 9.17) is 0 Å². The molecule has 0 radical (unpaired) electrons. The number of nitrogens with one attached hydrogen (secondary N) is 1. The number of rotatable bonds is 4. The quantitative estimate of drug-likeness (QED) is 0.732. The fraction of sp³-hybridized carbons (Fsp3) is 0.462. The molecule has 1 aliphatic rings. The molecule has 0 fully saturated rings. The summed E-state index contributed by atoms with van der Waals surface area (Å²) in [6.07, 6.45) is 0. The predicted molar refractivity (Wildman–Crippen MR) is 94.5 cm³/mol. The first-order chi connectivity index (χ1) is 9.43. The van der Waals surface area contributed by atoms with Gasteiger partial charge in [0.15, 0.2) is 5.96 Å². The lowest BCUT2D eigenvalue weighted by molar-refractivity contribution is 0.518. The number of nitrogens with zero attached hydrogens (tertiary/aromatic N) is 3. The van der Waals surface area contributed by atoms with Gasteiger partial charge in [-0.3, -0.25) is 4.99 Å². The van der Waals surface area contributed by atoms with E-state index in [0.717, 1.165) is 24.6 Å². The van der Waals surface area contributed by atoms with Crippen molar-refractivity contribution in [1.29, 1.82) is 0 Å². The van der Waals surface area contributed by atoms with Crippen LogP contribution in [0.4, 0.5) is 0 Å². The van der Waals surface area contributed by atoms with Crippen molar-refractivity contribution in [1.82, 2.24) is 14.5 Å². The SMILES string of the molecule is CN1CCN=C1NCc1ccccc1S(=O)(=O)N(C)C.I. The van der Waals surface area contributed by atoms with E-state index < -0.39 is 10.0 Å². The third-order valence-corrected chi connectivity index (χ3v) is 5.14. The van der Waals surface area contributed by atoms with E-state index in [-0.39, 0.29) is 24.0 Å². The number of likely N-dealkylation sites (N-methyl/N-ethyl adjacent to an activating group) is 1. The van der Waals surface area contributed by atoms with Crippen LogP contribution in [0.2, 0.25) is 0 Å². The van der Waals surface area contributed by atoms with Crippen molar-refractivity contribution < 1.29 is 8.42 Å². The van der Waals surface area contributed by atoms with Crippen LogP contribution in [0.1, 0.15) is 5.56 Å². The normalized spacial score (nSPS) is 14.9. The van der Waals surface area contributed by atoms with Gasteiger partial charge in [0.25, 0.3) is 0 Å². The molecule has 0 aromatic heterocycles. The minimum absolute atomic E-state index is 0. The van der Waals surface area contributed by atoms with Gasteiger partial charge in [-0.25, -0.2) is 12.7 Å². The number of halogens is 1. The molecular weight excluding hydrogens is 403 g/mol. The van der Waals surface area contributed by atoms with Gasteiger partial charge in [0.1, 0.15) is 0 Å². The summed E-state index contributed by atoms with van der Waals surface area (Å²) in [5, 5.41) is 3.19. The highest BCUT2D eigenvalue weighted by molar-refractivity contribution is 14.0. The van der Waals surface area contributed by atoms with Crippen LogP contribution in [0.5, 0.6) is 0 Å². The van der Waals surface area contributed by atoms with Crippen molar-refractivity contribution in [2.24, 2.45) is 4.99 Å². The van der Waals surface area contributed by atoms with Crippen molar-refractivity contribution >= 4 is 40.0 Å². The second-order valence-corrected chi connectivity index (χ2v) is 7.00. The van der Waals surface area contributed by atoms with E-state index in [2.05, 4.69) is 10.3 Å². The van der Waals surface area contributed by atoms with Gasteiger partial charge in [0, 0.05) is 34.2 Å². The molecule has 21 heavy (non-hydrogen) atoms. The fourth-order valence-corrected chi connectivity index (χ4v) is 3.11. The molecule has 1 aliphatic heterocycles. The Balaban J connectivity index is 0.00000220. The van der Waals surface area contributed by atoms with Crippen molar-refractivity contribution in [3.8, 4) is 0 Å². The van der Waals surface area contributed by atoms with Crippen molar-refractivity contribution in [2.45, 2.75) is 11.4 Å². The molecule has 0 spiro atoms. The highest BCUT2D eigenvalue weighted by Gasteiger charge is 2.21. The summed E-state index contributed by atoms with van der Waals surface area (Å²) in [5.41, 5.74) is 0.740. The maximum Gasteiger partial charge on any atom is 0.242 e. The van der Waals surface area contributed by atoms with Gasteiger partial charge >= 0.3 is 0 Å². The number of hydrogen-bond donors (Lipinski definition) is 1. The Morgan fingerprint density at radius 3 is 2.57 bits per heavy atom. The lowest BCUT2D eigenvalue weighted by Crippen LogP contribution is -2.35. The summed E-state index contributed by atoms with van der Waals surface area (Å²) < 4.78 is 25.8. The molecular formula is C13H21IN4O2S. The highest BCUT2D eigenvalue weighted by Crippen LogP contribution is 2.18. The van der Waals surface area contributed by atoms with Crippen molar-refractivity contribution in [3.63, 3.8) is 0 Å². The Morgan fingerprint density at radius 1 is 1.33 bits per heavy atom. The van der Waals surface area contributed by atoms with Crippen molar-refractivity contribution in [2.75, 3.05) is 34.2 Å². The molecule has 0 amide bonds.